The van der Waals surface area contributed by atoms with Crippen molar-refractivity contribution < 1.29 is 32.2 Å². The van der Waals surface area contributed by atoms with Gasteiger partial charge < -0.3 is 19.5 Å². The lowest BCUT2D eigenvalue weighted by Gasteiger charge is -2.24. The molecule has 0 saturated heterocycles. The molecule has 0 saturated carbocycles. The SMILES string of the molecule is COC(=O)c1ccccc1NC(=O)C1=CC(c2ccc(OC)c(OC)c2)=NS(=O)(=O)N1C. The molecule has 0 unspecified atom stereocenters. The lowest BCUT2D eigenvalue weighted by molar-refractivity contribution is -0.113. The number of likely N-dealkylation sites (N-methyl/N-ethyl adjacent to an activating group) is 1. The topological polar surface area (TPSA) is 124 Å². The number of carbonyl (C=O) groups is 2. The highest BCUT2D eigenvalue weighted by Crippen LogP contribution is 2.30. The lowest BCUT2D eigenvalue weighted by atomic mass is 10.1. The quantitative estimate of drug-likeness (QED) is 0.655. The van der Waals surface area contributed by atoms with Gasteiger partial charge in [0.25, 0.3) is 5.91 Å². The Hall–Kier alpha value is -3.86. The zero-order chi connectivity index (χ0) is 23.5. The number of carbonyl (C=O) groups excluding carboxylic acids is 2. The fraction of sp³-hybridized carbons (Fsp3) is 0.190. The average Bonchev–Trinajstić information content (AvgIpc) is 2.79. The molecule has 11 heteroatoms. The Morgan fingerprint density at radius 2 is 1.69 bits per heavy atom. The fourth-order valence-corrected chi connectivity index (χ4v) is 3.88. The van der Waals surface area contributed by atoms with E-state index in [2.05, 4.69) is 9.71 Å². The summed E-state index contributed by atoms with van der Waals surface area (Å²) in [7, 11) is 1.17. The number of esters is 1. The van der Waals surface area contributed by atoms with E-state index in [-0.39, 0.29) is 22.7 Å². The minimum atomic E-state index is -4.18. The van der Waals surface area contributed by atoms with E-state index >= 15 is 0 Å². The third-order valence-electron chi connectivity index (χ3n) is 4.66. The minimum Gasteiger partial charge on any atom is -0.493 e. The summed E-state index contributed by atoms with van der Waals surface area (Å²) in [6, 6.07) is 11.0. The number of allylic oxidation sites excluding steroid dienone is 1. The molecule has 168 valence electrons. The first-order valence-corrected chi connectivity index (χ1v) is 10.6. The first kappa shape index (κ1) is 22.8. The molecule has 2 aromatic rings. The number of methoxy groups -OCH3 is 3. The van der Waals surface area contributed by atoms with Crippen LogP contribution in [0.2, 0.25) is 0 Å². The molecule has 1 N–H and O–H groups in total. The van der Waals surface area contributed by atoms with Gasteiger partial charge in [-0.3, -0.25) is 4.79 Å². The molecule has 0 spiro atoms. The largest absolute Gasteiger partial charge is 0.493 e. The van der Waals surface area contributed by atoms with Crippen molar-refractivity contribution in [1.29, 1.82) is 0 Å². The highest BCUT2D eigenvalue weighted by molar-refractivity contribution is 7.88. The fourth-order valence-electron chi connectivity index (χ4n) is 2.96. The van der Waals surface area contributed by atoms with Crippen molar-refractivity contribution in [3.63, 3.8) is 0 Å². The van der Waals surface area contributed by atoms with Crippen LogP contribution < -0.4 is 14.8 Å². The monoisotopic (exact) mass is 459 g/mol. The van der Waals surface area contributed by atoms with Crippen molar-refractivity contribution in [2.24, 2.45) is 4.40 Å². The molecule has 2 aromatic carbocycles. The van der Waals surface area contributed by atoms with Gasteiger partial charge in [0, 0.05) is 12.6 Å². The van der Waals surface area contributed by atoms with E-state index in [9.17, 15) is 18.0 Å². The highest BCUT2D eigenvalue weighted by atomic mass is 32.2. The maximum Gasteiger partial charge on any atom is 0.345 e. The van der Waals surface area contributed by atoms with Gasteiger partial charge in [-0.1, -0.05) is 12.1 Å². The van der Waals surface area contributed by atoms with Crippen LogP contribution in [0.3, 0.4) is 0 Å². The van der Waals surface area contributed by atoms with Gasteiger partial charge in [-0.25, -0.2) is 9.10 Å². The summed E-state index contributed by atoms with van der Waals surface area (Å²) in [5.41, 5.74) is 0.546. The first-order valence-electron chi connectivity index (χ1n) is 9.23. The Balaban J connectivity index is 2.01. The molecular formula is C21H21N3O7S. The third-order valence-corrected chi connectivity index (χ3v) is 5.98. The van der Waals surface area contributed by atoms with Crippen LogP contribution in [0, 0.1) is 0 Å². The van der Waals surface area contributed by atoms with Crippen LogP contribution in [-0.2, 0) is 19.7 Å². The summed E-state index contributed by atoms with van der Waals surface area (Å²) in [4.78, 5) is 25.0. The predicted octanol–water partition coefficient (Wildman–Crippen LogP) is 1.99. The van der Waals surface area contributed by atoms with Gasteiger partial charge in [-0.05, 0) is 36.4 Å². The smallest absolute Gasteiger partial charge is 0.345 e. The summed E-state index contributed by atoms with van der Waals surface area (Å²) in [6.07, 6.45) is 1.33. The van der Waals surface area contributed by atoms with Crippen LogP contribution in [0.25, 0.3) is 0 Å². The van der Waals surface area contributed by atoms with Crippen LogP contribution in [0.5, 0.6) is 11.5 Å². The number of hydrogen-bond acceptors (Lipinski definition) is 7. The highest BCUT2D eigenvalue weighted by Gasteiger charge is 2.31. The van der Waals surface area contributed by atoms with Gasteiger partial charge >= 0.3 is 16.2 Å². The molecule has 1 aliphatic rings. The molecule has 10 nitrogen and oxygen atoms in total. The summed E-state index contributed by atoms with van der Waals surface area (Å²) in [5.74, 6) is -0.572. The Kier molecular flexibility index (Phi) is 6.49. The molecule has 1 heterocycles. The number of rotatable bonds is 6. The van der Waals surface area contributed by atoms with Crippen LogP contribution in [0.15, 0.2) is 58.6 Å². The molecule has 32 heavy (non-hydrogen) atoms. The summed E-state index contributed by atoms with van der Waals surface area (Å²) < 4.78 is 45.0. The molecule has 0 bridgehead atoms. The second-order valence-electron chi connectivity index (χ2n) is 6.51. The number of amides is 1. The Morgan fingerprint density at radius 1 is 1.00 bits per heavy atom. The number of anilines is 1. The predicted molar refractivity (Wildman–Crippen MR) is 117 cm³/mol. The Morgan fingerprint density at radius 3 is 2.34 bits per heavy atom. The molecule has 0 fully saturated rings. The summed E-state index contributed by atoms with van der Waals surface area (Å²) in [5, 5.41) is 2.56. The zero-order valence-corrected chi connectivity index (χ0v) is 18.6. The van der Waals surface area contributed by atoms with Crippen molar-refractivity contribution in [2.75, 3.05) is 33.7 Å². The first-order chi connectivity index (χ1) is 15.2. The Bertz CT molecular complexity index is 1240. The maximum absolute atomic E-state index is 13.0. The van der Waals surface area contributed by atoms with Crippen molar-refractivity contribution in [3.8, 4) is 11.5 Å². The van der Waals surface area contributed by atoms with Gasteiger partial charge in [-0.2, -0.15) is 8.42 Å². The van der Waals surface area contributed by atoms with Crippen LogP contribution in [-0.4, -0.2) is 58.7 Å². The van der Waals surface area contributed by atoms with E-state index in [1.807, 2.05) is 0 Å². The van der Waals surface area contributed by atoms with Gasteiger partial charge in [0.15, 0.2) is 11.5 Å². The van der Waals surface area contributed by atoms with E-state index in [1.165, 1.54) is 46.6 Å². The van der Waals surface area contributed by atoms with Crippen LogP contribution in [0.4, 0.5) is 5.69 Å². The van der Waals surface area contributed by atoms with Gasteiger partial charge in [-0.15, -0.1) is 4.40 Å². The van der Waals surface area contributed by atoms with Crippen molar-refractivity contribution in [2.45, 2.75) is 0 Å². The number of ether oxygens (including phenoxy) is 3. The normalized spacial score (nSPS) is 14.7. The zero-order valence-electron chi connectivity index (χ0n) is 17.8. The van der Waals surface area contributed by atoms with Crippen molar-refractivity contribution in [3.05, 3.63) is 65.4 Å². The number of hydrogen-bond donors (Lipinski definition) is 1. The van der Waals surface area contributed by atoms with E-state index in [0.29, 0.717) is 17.1 Å². The van der Waals surface area contributed by atoms with E-state index in [1.54, 1.807) is 30.3 Å². The van der Waals surface area contributed by atoms with Crippen LogP contribution >= 0.6 is 0 Å². The number of benzene rings is 2. The van der Waals surface area contributed by atoms with Crippen molar-refractivity contribution in [1.82, 2.24) is 4.31 Å². The van der Waals surface area contributed by atoms with E-state index in [0.717, 1.165) is 4.31 Å². The molecule has 0 aliphatic carbocycles. The summed E-state index contributed by atoms with van der Waals surface area (Å²) in [6.45, 7) is 0. The van der Waals surface area contributed by atoms with Gasteiger partial charge in [0.1, 0.15) is 5.70 Å². The minimum absolute atomic E-state index is 0.0375. The van der Waals surface area contributed by atoms with Gasteiger partial charge in [0.2, 0.25) is 0 Å². The molecular weight excluding hydrogens is 438 g/mol. The maximum atomic E-state index is 13.0. The molecule has 1 aliphatic heterocycles. The summed E-state index contributed by atoms with van der Waals surface area (Å²) >= 11 is 0. The molecule has 1 amide bonds. The molecule has 0 atom stereocenters. The molecule has 3 rings (SSSR count). The number of nitrogens with one attached hydrogen (secondary N) is 1. The average molecular weight is 459 g/mol. The standard InChI is InChI=1S/C21H21N3O7S/c1-24-17(20(25)22-15-8-6-5-7-14(15)21(26)31-4)12-16(23-32(24,27)28)13-9-10-18(29-2)19(11-13)30-3/h5-12H,1-4H3,(H,22,25). The lowest BCUT2D eigenvalue weighted by Crippen LogP contribution is -2.35. The van der Waals surface area contributed by atoms with Crippen LogP contribution in [0.1, 0.15) is 15.9 Å². The Labute approximate surface area is 185 Å². The molecule has 0 radical (unpaired) electrons. The second-order valence-corrected chi connectivity index (χ2v) is 8.14. The van der Waals surface area contributed by atoms with Crippen molar-refractivity contribution >= 4 is 33.5 Å². The molecule has 0 aromatic heterocycles. The third kappa shape index (κ3) is 4.42. The number of nitrogens with zero attached hydrogens (tertiary/aromatic N) is 2. The van der Waals surface area contributed by atoms with Gasteiger partial charge in [0.05, 0.1) is 38.3 Å². The second kappa shape index (κ2) is 9.10. The number of para-hydroxylation sites is 1. The van der Waals surface area contributed by atoms with E-state index in [4.69, 9.17) is 14.2 Å². The van der Waals surface area contributed by atoms with E-state index < -0.39 is 22.1 Å².